The van der Waals surface area contributed by atoms with Crippen molar-refractivity contribution in [3.8, 4) is 0 Å². The summed E-state index contributed by atoms with van der Waals surface area (Å²) in [6.07, 6.45) is 3.09. The highest BCUT2D eigenvalue weighted by Crippen LogP contribution is 2.12. The second-order valence-corrected chi connectivity index (χ2v) is 4.93. The summed E-state index contributed by atoms with van der Waals surface area (Å²) in [7, 11) is 3.49. The second-order valence-electron chi connectivity index (χ2n) is 4.93. The summed E-state index contributed by atoms with van der Waals surface area (Å²) in [4.78, 5) is 4.16. The average Bonchev–Trinajstić information content (AvgIpc) is 2.98. The standard InChI is InChI=1S/C14H29N3O3.HI/c1-15-14(16-6-3-8-18-2)17-7-4-9-19-11-13-5-10-20-12-13;/h13H,3-12H2,1-2H3,(H2,15,16,17);1H. The Morgan fingerprint density at radius 3 is 2.52 bits per heavy atom. The lowest BCUT2D eigenvalue weighted by Crippen LogP contribution is -2.38. The number of methoxy groups -OCH3 is 1. The van der Waals surface area contributed by atoms with Crippen LogP contribution in [0, 0.1) is 5.92 Å². The number of hydrogen-bond donors (Lipinski definition) is 2. The van der Waals surface area contributed by atoms with Gasteiger partial charge in [-0.2, -0.15) is 0 Å². The summed E-state index contributed by atoms with van der Waals surface area (Å²) in [5, 5.41) is 6.51. The second kappa shape index (κ2) is 14.8. The smallest absolute Gasteiger partial charge is 0.190 e. The van der Waals surface area contributed by atoms with E-state index in [1.165, 1.54) is 0 Å². The van der Waals surface area contributed by atoms with Crippen molar-refractivity contribution in [1.82, 2.24) is 10.6 Å². The molecule has 126 valence electrons. The van der Waals surface area contributed by atoms with Gasteiger partial charge in [-0.1, -0.05) is 0 Å². The monoisotopic (exact) mass is 415 g/mol. The summed E-state index contributed by atoms with van der Waals surface area (Å²) < 4.78 is 16.0. The zero-order valence-electron chi connectivity index (χ0n) is 13.2. The van der Waals surface area contributed by atoms with Crippen molar-refractivity contribution in [3.63, 3.8) is 0 Å². The van der Waals surface area contributed by atoms with Crippen LogP contribution in [0.15, 0.2) is 4.99 Å². The molecule has 0 aromatic rings. The number of ether oxygens (including phenoxy) is 3. The van der Waals surface area contributed by atoms with Crippen molar-refractivity contribution >= 4 is 29.9 Å². The van der Waals surface area contributed by atoms with Gasteiger partial charge in [0, 0.05) is 53.0 Å². The minimum absolute atomic E-state index is 0. The molecule has 1 saturated heterocycles. The fourth-order valence-corrected chi connectivity index (χ4v) is 1.99. The van der Waals surface area contributed by atoms with Crippen molar-refractivity contribution in [2.24, 2.45) is 10.9 Å². The van der Waals surface area contributed by atoms with Gasteiger partial charge in [-0.3, -0.25) is 4.99 Å². The first kappa shape index (κ1) is 20.9. The largest absolute Gasteiger partial charge is 0.385 e. The lowest BCUT2D eigenvalue weighted by atomic mass is 10.1. The Labute approximate surface area is 145 Å². The van der Waals surface area contributed by atoms with Crippen molar-refractivity contribution in [2.45, 2.75) is 19.3 Å². The van der Waals surface area contributed by atoms with Crippen LogP contribution in [0.1, 0.15) is 19.3 Å². The van der Waals surface area contributed by atoms with Gasteiger partial charge in [-0.25, -0.2) is 0 Å². The van der Waals surface area contributed by atoms with E-state index < -0.39 is 0 Å². The van der Waals surface area contributed by atoms with Gasteiger partial charge in [0.25, 0.3) is 0 Å². The molecule has 1 aliphatic rings. The van der Waals surface area contributed by atoms with Crippen molar-refractivity contribution in [1.29, 1.82) is 0 Å². The van der Waals surface area contributed by atoms with E-state index in [0.717, 1.165) is 71.3 Å². The first-order chi connectivity index (χ1) is 9.86. The van der Waals surface area contributed by atoms with Crippen LogP contribution in [-0.4, -0.2) is 66.2 Å². The molecule has 1 atom stereocenters. The van der Waals surface area contributed by atoms with E-state index in [4.69, 9.17) is 14.2 Å². The Kier molecular flexibility index (Phi) is 14.7. The first-order valence-corrected chi connectivity index (χ1v) is 7.45. The quantitative estimate of drug-likeness (QED) is 0.243. The average molecular weight is 415 g/mol. The normalized spacial score (nSPS) is 18.4. The third-order valence-electron chi connectivity index (χ3n) is 3.18. The zero-order valence-corrected chi connectivity index (χ0v) is 15.6. The maximum Gasteiger partial charge on any atom is 0.190 e. The summed E-state index contributed by atoms with van der Waals surface area (Å²) in [6, 6.07) is 0. The molecular weight excluding hydrogens is 385 g/mol. The van der Waals surface area contributed by atoms with E-state index in [1.54, 1.807) is 14.2 Å². The van der Waals surface area contributed by atoms with Crippen LogP contribution in [0.4, 0.5) is 0 Å². The molecule has 21 heavy (non-hydrogen) atoms. The molecule has 0 spiro atoms. The molecule has 0 bridgehead atoms. The van der Waals surface area contributed by atoms with Crippen LogP contribution in [0.3, 0.4) is 0 Å². The van der Waals surface area contributed by atoms with Gasteiger partial charge >= 0.3 is 0 Å². The number of rotatable bonds is 10. The molecule has 7 heteroatoms. The van der Waals surface area contributed by atoms with Crippen LogP contribution in [-0.2, 0) is 14.2 Å². The predicted octanol–water partition coefficient (Wildman–Crippen LogP) is 1.25. The topological polar surface area (TPSA) is 64.1 Å². The van der Waals surface area contributed by atoms with Gasteiger partial charge in [0.05, 0.1) is 13.2 Å². The molecule has 1 heterocycles. The summed E-state index contributed by atoms with van der Waals surface area (Å²) >= 11 is 0. The third kappa shape index (κ3) is 11.1. The van der Waals surface area contributed by atoms with Gasteiger partial charge in [-0.05, 0) is 19.3 Å². The summed E-state index contributed by atoms with van der Waals surface area (Å²) in [5.41, 5.74) is 0. The molecular formula is C14H30IN3O3. The van der Waals surface area contributed by atoms with E-state index in [-0.39, 0.29) is 24.0 Å². The van der Waals surface area contributed by atoms with Crippen LogP contribution in [0.2, 0.25) is 0 Å². The minimum Gasteiger partial charge on any atom is -0.385 e. The molecule has 0 aromatic carbocycles. The van der Waals surface area contributed by atoms with Gasteiger partial charge in [0.15, 0.2) is 5.96 Å². The fourth-order valence-electron chi connectivity index (χ4n) is 1.99. The van der Waals surface area contributed by atoms with E-state index in [2.05, 4.69) is 15.6 Å². The molecule has 0 radical (unpaired) electrons. The highest BCUT2D eigenvalue weighted by molar-refractivity contribution is 14.0. The Morgan fingerprint density at radius 1 is 1.24 bits per heavy atom. The van der Waals surface area contributed by atoms with Crippen LogP contribution >= 0.6 is 24.0 Å². The Balaban J connectivity index is 0.00000400. The highest BCUT2D eigenvalue weighted by Gasteiger charge is 2.15. The van der Waals surface area contributed by atoms with Gasteiger partial charge in [0.1, 0.15) is 0 Å². The highest BCUT2D eigenvalue weighted by atomic mass is 127. The number of aliphatic imine (C=N–C) groups is 1. The van der Waals surface area contributed by atoms with Crippen LogP contribution in [0.5, 0.6) is 0 Å². The van der Waals surface area contributed by atoms with Crippen LogP contribution < -0.4 is 10.6 Å². The number of hydrogen-bond acceptors (Lipinski definition) is 4. The van der Waals surface area contributed by atoms with E-state index in [9.17, 15) is 0 Å². The van der Waals surface area contributed by atoms with Crippen molar-refractivity contribution in [2.75, 3.05) is 60.3 Å². The molecule has 1 unspecified atom stereocenters. The summed E-state index contributed by atoms with van der Waals surface area (Å²) in [6.45, 7) is 5.85. The fraction of sp³-hybridized carbons (Fsp3) is 0.929. The van der Waals surface area contributed by atoms with Crippen molar-refractivity contribution in [3.05, 3.63) is 0 Å². The van der Waals surface area contributed by atoms with E-state index in [1.807, 2.05) is 0 Å². The lowest BCUT2D eigenvalue weighted by Gasteiger charge is -2.12. The Morgan fingerprint density at radius 2 is 1.95 bits per heavy atom. The predicted molar refractivity (Wildman–Crippen MR) is 95.6 cm³/mol. The Bertz CT molecular complexity index is 262. The van der Waals surface area contributed by atoms with Crippen molar-refractivity contribution < 1.29 is 14.2 Å². The number of nitrogens with one attached hydrogen (secondary N) is 2. The van der Waals surface area contributed by atoms with Gasteiger partial charge in [0.2, 0.25) is 0 Å². The number of nitrogens with zero attached hydrogens (tertiary/aromatic N) is 1. The minimum atomic E-state index is 0. The molecule has 1 rings (SSSR count). The van der Waals surface area contributed by atoms with Crippen LogP contribution in [0.25, 0.3) is 0 Å². The third-order valence-corrected chi connectivity index (χ3v) is 3.18. The molecule has 2 N–H and O–H groups in total. The SMILES string of the molecule is CN=C(NCCCOC)NCCCOCC1CCOC1.I. The maximum absolute atomic E-state index is 5.65. The zero-order chi connectivity index (χ0) is 14.5. The molecule has 1 aliphatic heterocycles. The molecule has 0 saturated carbocycles. The maximum atomic E-state index is 5.65. The van der Waals surface area contributed by atoms with Gasteiger partial charge in [-0.15, -0.1) is 24.0 Å². The molecule has 6 nitrogen and oxygen atoms in total. The first-order valence-electron chi connectivity index (χ1n) is 7.45. The molecule has 0 amide bonds. The molecule has 1 fully saturated rings. The lowest BCUT2D eigenvalue weighted by molar-refractivity contribution is 0.0888. The molecule has 0 aromatic heterocycles. The summed E-state index contributed by atoms with van der Waals surface area (Å²) in [5.74, 6) is 1.43. The number of halogens is 1. The Hall–Kier alpha value is -0.120. The molecule has 0 aliphatic carbocycles. The van der Waals surface area contributed by atoms with Gasteiger partial charge < -0.3 is 24.8 Å². The number of guanidine groups is 1. The van der Waals surface area contributed by atoms with E-state index in [0.29, 0.717) is 5.92 Å². The van der Waals surface area contributed by atoms with E-state index >= 15 is 0 Å².